The van der Waals surface area contributed by atoms with E-state index in [0.29, 0.717) is 5.92 Å². The number of fused-ring (bicyclic) bond motifs is 6. The monoisotopic (exact) mass is 680 g/mol. The van der Waals surface area contributed by atoms with Crippen LogP contribution in [0.25, 0.3) is 0 Å². The number of anilines is 6. The Labute approximate surface area is 312 Å². The van der Waals surface area contributed by atoms with E-state index in [4.69, 9.17) is 0 Å². The van der Waals surface area contributed by atoms with Gasteiger partial charge >= 0.3 is 0 Å². The number of benzene rings is 5. The summed E-state index contributed by atoms with van der Waals surface area (Å²) in [5.74, 6) is 2.37. The molecule has 2 nitrogen and oxygen atoms in total. The average molecular weight is 681 g/mol. The van der Waals surface area contributed by atoms with Crippen LogP contribution < -0.4 is 26.2 Å². The largest absolute Gasteiger partial charge is 0.311 e. The summed E-state index contributed by atoms with van der Waals surface area (Å²) in [5, 5.41) is 0. The molecular formula is C49H53BN2. The van der Waals surface area contributed by atoms with Crippen molar-refractivity contribution >= 4 is 57.2 Å². The van der Waals surface area contributed by atoms with Crippen molar-refractivity contribution in [3.8, 4) is 0 Å². The fourth-order valence-corrected chi connectivity index (χ4v) is 11.9. The number of hydrogen-bond acceptors (Lipinski definition) is 2. The van der Waals surface area contributed by atoms with Crippen molar-refractivity contribution in [1.82, 2.24) is 0 Å². The highest BCUT2D eigenvalue weighted by atomic mass is 15.2. The Kier molecular flexibility index (Phi) is 8.30. The van der Waals surface area contributed by atoms with E-state index >= 15 is 0 Å². The lowest BCUT2D eigenvalue weighted by Crippen LogP contribution is -2.61. The maximum absolute atomic E-state index is 2.69. The van der Waals surface area contributed by atoms with Crippen LogP contribution in [-0.2, 0) is 5.41 Å². The van der Waals surface area contributed by atoms with E-state index in [2.05, 4.69) is 132 Å². The molecule has 52 heavy (non-hydrogen) atoms. The third-order valence-corrected chi connectivity index (χ3v) is 13.9. The Morgan fingerprint density at radius 3 is 1.81 bits per heavy atom. The van der Waals surface area contributed by atoms with Crippen LogP contribution in [0.1, 0.15) is 114 Å². The summed E-state index contributed by atoms with van der Waals surface area (Å²) in [4.78, 5) is 5.27. The lowest BCUT2D eigenvalue weighted by atomic mass is 9.33. The molecule has 0 amide bonds. The van der Waals surface area contributed by atoms with Crippen molar-refractivity contribution in [3.05, 3.63) is 126 Å². The minimum atomic E-state index is 0.185. The first-order chi connectivity index (χ1) is 25.7. The molecule has 2 unspecified atom stereocenters. The van der Waals surface area contributed by atoms with Gasteiger partial charge in [-0.2, -0.15) is 0 Å². The van der Waals surface area contributed by atoms with Crippen LogP contribution in [0.15, 0.2) is 115 Å². The summed E-state index contributed by atoms with van der Waals surface area (Å²) >= 11 is 0. The van der Waals surface area contributed by atoms with Gasteiger partial charge in [-0.1, -0.05) is 125 Å². The fourth-order valence-electron chi connectivity index (χ4n) is 11.9. The second kappa shape index (κ2) is 13.3. The van der Waals surface area contributed by atoms with Crippen LogP contribution in [-0.4, -0.2) is 6.71 Å². The van der Waals surface area contributed by atoms with E-state index in [-0.39, 0.29) is 12.1 Å². The third-order valence-electron chi connectivity index (χ3n) is 13.9. The number of para-hydroxylation sites is 3. The van der Waals surface area contributed by atoms with E-state index in [0.717, 1.165) is 11.8 Å². The van der Waals surface area contributed by atoms with Crippen molar-refractivity contribution in [1.29, 1.82) is 0 Å². The van der Waals surface area contributed by atoms with Gasteiger partial charge in [-0.25, -0.2) is 0 Å². The molecule has 2 bridgehead atoms. The second-order valence-corrected chi connectivity index (χ2v) is 17.1. The van der Waals surface area contributed by atoms with E-state index in [1.807, 2.05) is 0 Å². The molecule has 2 aliphatic heterocycles. The number of nitrogens with zero attached hydrogens (tertiary/aromatic N) is 2. The van der Waals surface area contributed by atoms with E-state index in [9.17, 15) is 0 Å². The third kappa shape index (κ3) is 5.36. The summed E-state index contributed by atoms with van der Waals surface area (Å²) in [6, 6.07) is 44.9. The normalized spacial score (nSPS) is 23.8. The Morgan fingerprint density at radius 2 is 1.15 bits per heavy atom. The lowest BCUT2D eigenvalue weighted by molar-refractivity contribution is 0.150. The number of hydrogen-bond donors (Lipinski definition) is 0. The van der Waals surface area contributed by atoms with Crippen LogP contribution in [0.2, 0.25) is 0 Å². The van der Waals surface area contributed by atoms with Crippen LogP contribution in [0.5, 0.6) is 0 Å². The molecule has 3 aliphatic carbocycles. The molecule has 2 atom stereocenters. The first kappa shape index (κ1) is 32.4. The van der Waals surface area contributed by atoms with Crippen LogP contribution in [0.4, 0.5) is 34.1 Å². The lowest BCUT2D eigenvalue weighted by Gasteiger charge is -2.46. The second-order valence-electron chi connectivity index (χ2n) is 17.1. The zero-order chi connectivity index (χ0) is 34.6. The molecule has 3 saturated carbocycles. The van der Waals surface area contributed by atoms with Crippen molar-refractivity contribution in [2.45, 2.75) is 108 Å². The summed E-state index contributed by atoms with van der Waals surface area (Å²) in [7, 11) is 0. The zero-order valence-electron chi connectivity index (χ0n) is 31.1. The summed E-state index contributed by atoms with van der Waals surface area (Å²) in [6.07, 6.45) is 19.1. The molecule has 2 heterocycles. The maximum atomic E-state index is 2.69. The quantitative estimate of drug-likeness (QED) is 0.161. The molecule has 0 aromatic heterocycles. The molecule has 0 radical (unpaired) electrons. The molecule has 262 valence electrons. The van der Waals surface area contributed by atoms with Gasteiger partial charge in [0, 0.05) is 34.1 Å². The van der Waals surface area contributed by atoms with Crippen molar-refractivity contribution < 1.29 is 0 Å². The van der Waals surface area contributed by atoms with E-state index in [1.165, 1.54) is 146 Å². The molecule has 0 N–H and O–H groups in total. The van der Waals surface area contributed by atoms with Crippen LogP contribution >= 0.6 is 0 Å². The highest BCUT2D eigenvalue weighted by Crippen LogP contribution is 2.53. The van der Waals surface area contributed by atoms with Crippen LogP contribution in [0.3, 0.4) is 0 Å². The Hall–Kier alpha value is -4.24. The molecular weight excluding hydrogens is 627 g/mol. The summed E-state index contributed by atoms with van der Waals surface area (Å²) in [5.41, 5.74) is 15.6. The number of rotatable bonds is 6. The predicted molar refractivity (Wildman–Crippen MR) is 222 cm³/mol. The predicted octanol–water partition coefficient (Wildman–Crippen LogP) is 11.8. The summed E-state index contributed by atoms with van der Waals surface area (Å²) in [6.45, 7) is 2.61. The van der Waals surface area contributed by atoms with Gasteiger partial charge in [-0.3, -0.25) is 0 Å². The Bertz CT molecular complexity index is 2070. The van der Waals surface area contributed by atoms with E-state index in [1.54, 1.807) is 5.56 Å². The SMILES string of the molecule is CCCC1(c2cccc(N3c4ccccc4B4c5ccccc5N(c5ccccc5)c5cc(C6CCCCC6)cc3c54)c2)CC2CCCCC(C2)C1. The minimum Gasteiger partial charge on any atom is -0.311 e. The van der Waals surface area contributed by atoms with Gasteiger partial charge < -0.3 is 9.80 Å². The first-order valence-electron chi connectivity index (χ1n) is 20.8. The standard InChI is InChI=1S/C49H53BN2/c1-2-28-49(33-35-16-9-10-17-36(29-35)34-49)39-20-15-23-41(32-39)52-45-27-14-12-25-43(45)50-42-24-11-13-26-44(42)51(40-21-7-4-8-22-40)46-30-38(31-47(52)48(46)50)37-18-5-3-6-19-37/h4,7-8,11-15,20-27,30-32,35-37H,2-3,5-6,9-10,16-19,28-29,33-34H2,1H3. The maximum Gasteiger partial charge on any atom is 0.252 e. The molecule has 5 aromatic carbocycles. The molecule has 0 spiro atoms. The van der Waals surface area contributed by atoms with Crippen molar-refractivity contribution in [2.24, 2.45) is 11.8 Å². The first-order valence-corrected chi connectivity index (χ1v) is 20.8. The molecule has 3 heteroatoms. The highest BCUT2D eigenvalue weighted by Gasteiger charge is 2.45. The van der Waals surface area contributed by atoms with Gasteiger partial charge in [-0.15, -0.1) is 0 Å². The molecule has 5 aliphatic rings. The van der Waals surface area contributed by atoms with Gasteiger partial charge in [0.15, 0.2) is 0 Å². The van der Waals surface area contributed by atoms with E-state index < -0.39 is 0 Å². The van der Waals surface area contributed by atoms with Gasteiger partial charge in [0.25, 0.3) is 6.71 Å². The minimum absolute atomic E-state index is 0.185. The highest BCUT2D eigenvalue weighted by molar-refractivity contribution is 7.00. The van der Waals surface area contributed by atoms with Crippen LogP contribution in [0, 0.1) is 11.8 Å². The molecule has 0 saturated heterocycles. The molecule has 10 rings (SSSR count). The zero-order valence-corrected chi connectivity index (χ0v) is 31.1. The van der Waals surface area contributed by atoms with Gasteiger partial charge in [0.1, 0.15) is 0 Å². The average Bonchev–Trinajstić information content (AvgIpc) is 3.37. The van der Waals surface area contributed by atoms with Gasteiger partial charge in [-0.05, 0) is 138 Å². The fraction of sp³-hybridized carbons (Fsp3) is 0.388. The van der Waals surface area contributed by atoms with Crippen molar-refractivity contribution in [3.63, 3.8) is 0 Å². The van der Waals surface area contributed by atoms with Gasteiger partial charge in [0.05, 0.1) is 0 Å². The van der Waals surface area contributed by atoms with Crippen molar-refractivity contribution in [2.75, 3.05) is 9.80 Å². The Balaban J connectivity index is 1.20. The smallest absolute Gasteiger partial charge is 0.252 e. The van der Waals surface area contributed by atoms with Gasteiger partial charge in [0.2, 0.25) is 0 Å². The molecule has 3 fully saturated rings. The Morgan fingerprint density at radius 1 is 0.577 bits per heavy atom. The summed E-state index contributed by atoms with van der Waals surface area (Å²) < 4.78 is 0. The molecule has 5 aromatic rings. The topological polar surface area (TPSA) is 6.48 Å².